The summed E-state index contributed by atoms with van der Waals surface area (Å²) in [5.74, 6) is -1.22. The van der Waals surface area contributed by atoms with Gasteiger partial charge in [-0.2, -0.15) is 0 Å². The first kappa shape index (κ1) is 17.8. The van der Waals surface area contributed by atoms with Gasteiger partial charge in [-0.1, -0.05) is 30.3 Å². The van der Waals surface area contributed by atoms with Crippen molar-refractivity contribution in [3.05, 3.63) is 75.7 Å². The lowest BCUT2D eigenvalue weighted by atomic mass is 10.1. The molecule has 0 bridgehead atoms. The minimum absolute atomic E-state index is 0.229. The lowest BCUT2D eigenvalue weighted by Gasteiger charge is -2.12. The molecule has 6 heteroatoms. The summed E-state index contributed by atoms with van der Waals surface area (Å²) in [5.41, 5.74) is 1.84. The fraction of sp³-hybridized carbons (Fsp3) is 0.250. The van der Waals surface area contributed by atoms with Gasteiger partial charge in [-0.05, 0) is 37.6 Å². The van der Waals surface area contributed by atoms with Gasteiger partial charge >= 0.3 is 5.97 Å². The highest BCUT2D eigenvalue weighted by molar-refractivity contribution is 5.91. The average molecular weight is 351 g/mol. The smallest absolute Gasteiger partial charge is 0.341 e. The number of aryl methyl sites for hydroxylation is 1. The molecule has 0 radical (unpaired) electrons. The summed E-state index contributed by atoms with van der Waals surface area (Å²) < 4.78 is 1.74. The average Bonchev–Trinajstić information content (AvgIpc) is 2.63. The Labute approximate surface area is 151 Å². The number of rotatable bonds is 7. The number of hydrogen-bond donors (Lipinski definition) is 2. The molecule has 0 atom stereocenters. The van der Waals surface area contributed by atoms with Gasteiger partial charge in [0.05, 0.1) is 5.39 Å². The molecule has 2 heterocycles. The van der Waals surface area contributed by atoms with E-state index in [9.17, 15) is 14.7 Å². The van der Waals surface area contributed by atoms with Crippen molar-refractivity contribution >= 4 is 17.0 Å². The Morgan fingerprint density at radius 1 is 1.15 bits per heavy atom. The molecule has 1 aromatic carbocycles. The molecular weight excluding hydrogens is 330 g/mol. The van der Waals surface area contributed by atoms with Crippen LogP contribution in [-0.2, 0) is 13.0 Å². The minimum Gasteiger partial charge on any atom is -0.477 e. The van der Waals surface area contributed by atoms with Crippen LogP contribution in [-0.4, -0.2) is 33.7 Å². The predicted octanol–water partition coefficient (Wildman–Crippen LogP) is 2.24. The molecule has 2 aromatic heterocycles. The molecule has 3 rings (SSSR count). The molecule has 0 spiro atoms. The van der Waals surface area contributed by atoms with Crippen molar-refractivity contribution < 1.29 is 9.90 Å². The molecular formula is C20H21N3O3. The second-order valence-corrected chi connectivity index (χ2v) is 6.18. The third kappa shape index (κ3) is 3.97. The molecule has 6 nitrogen and oxygen atoms in total. The molecule has 26 heavy (non-hydrogen) atoms. The molecule has 0 aliphatic heterocycles. The molecule has 2 N–H and O–H groups in total. The van der Waals surface area contributed by atoms with Gasteiger partial charge in [0.25, 0.3) is 0 Å². The van der Waals surface area contributed by atoms with E-state index in [2.05, 4.69) is 22.4 Å². The van der Waals surface area contributed by atoms with E-state index in [4.69, 9.17) is 0 Å². The van der Waals surface area contributed by atoms with Gasteiger partial charge in [-0.3, -0.25) is 4.79 Å². The minimum atomic E-state index is -1.22. The molecule has 3 aromatic rings. The van der Waals surface area contributed by atoms with E-state index < -0.39 is 11.4 Å². The Balaban J connectivity index is 1.74. The summed E-state index contributed by atoms with van der Waals surface area (Å²) in [6.07, 6.45) is 2.31. The lowest BCUT2D eigenvalue weighted by molar-refractivity contribution is 0.0695. The van der Waals surface area contributed by atoms with Gasteiger partial charge in [0.2, 0.25) is 5.43 Å². The maximum atomic E-state index is 12.3. The van der Waals surface area contributed by atoms with Gasteiger partial charge in [0.15, 0.2) is 0 Å². The van der Waals surface area contributed by atoms with Crippen molar-refractivity contribution in [2.24, 2.45) is 0 Å². The van der Waals surface area contributed by atoms with Crippen molar-refractivity contribution in [3.8, 4) is 0 Å². The number of nitrogens with zero attached hydrogens (tertiary/aromatic N) is 2. The molecule has 0 fully saturated rings. The Kier molecular flexibility index (Phi) is 5.43. The summed E-state index contributed by atoms with van der Waals surface area (Å²) in [7, 11) is 0. The zero-order valence-electron chi connectivity index (χ0n) is 14.6. The number of benzene rings is 1. The number of pyridine rings is 2. The van der Waals surface area contributed by atoms with Crippen molar-refractivity contribution in [2.45, 2.75) is 19.9 Å². The monoisotopic (exact) mass is 351 g/mol. The highest BCUT2D eigenvalue weighted by atomic mass is 16.4. The number of carboxylic acids is 1. The summed E-state index contributed by atoms with van der Waals surface area (Å²) in [5, 5.41) is 13.0. The quantitative estimate of drug-likeness (QED) is 0.638. The Morgan fingerprint density at radius 2 is 1.92 bits per heavy atom. The number of aromatic carboxylic acids is 1. The molecule has 0 unspecified atom stereocenters. The van der Waals surface area contributed by atoms with E-state index >= 15 is 0 Å². The molecule has 0 saturated carbocycles. The Bertz CT molecular complexity index is 981. The topological polar surface area (TPSA) is 84.2 Å². The molecule has 0 saturated heterocycles. The van der Waals surface area contributed by atoms with Crippen molar-refractivity contribution in [2.75, 3.05) is 13.1 Å². The summed E-state index contributed by atoms with van der Waals surface area (Å²) in [4.78, 5) is 28.1. The van der Waals surface area contributed by atoms with Gasteiger partial charge in [-0.15, -0.1) is 0 Å². The highest BCUT2D eigenvalue weighted by Gasteiger charge is 2.15. The number of carbonyl (C=O) groups is 1. The summed E-state index contributed by atoms with van der Waals surface area (Å²) >= 11 is 0. The van der Waals surface area contributed by atoms with Crippen LogP contribution < -0.4 is 10.7 Å². The second kappa shape index (κ2) is 7.93. The third-order valence-corrected chi connectivity index (χ3v) is 4.25. The Hall–Kier alpha value is -2.99. The van der Waals surface area contributed by atoms with Crippen LogP contribution >= 0.6 is 0 Å². The second-order valence-electron chi connectivity index (χ2n) is 6.18. The largest absolute Gasteiger partial charge is 0.477 e. The van der Waals surface area contributed by atoms with Crippen molar-refractivity contribution in [1.82, 2.24) is 14.9 Å². The van der Waals surface area contributed by atoms with Crippen LogP contribution in [0.25, 0.3) is 11.0 Å². The van der Waals surface area contributed by atoms with Gasteiger partial charge in [0.1, 0.15) is 11.2 Å². The van der Waals surface area contributed by atoms with Gasteiger partial charge in [0, 0.05) is 25.0 Å². The molecule has 0 amide bonds. The van der Waals surface area contributed by atoms with Crippen LogP contribution in [0.15, 0.2) is 53.5 Å². The van der Waals surface area contributed by atoms with Crippen molar-refractivity contribution in [3.63, 3.8) is 0 Å². The van der Waals surface area contributed by atoms with Crippen LogP contribution in [0.2, 0.25) is 0 Å². The summed E-state index contributed by atoms with van der Waals surface area (Å²) in [6, 6.07) is 13.6. The molecule has 134 valence electrons. The van der Waals surface area contributed by atoms with Crippen LogP contribution in [0.3, 0.4) is 0 Å². The number of fused-ring (bicyclic) bond motifs is 1. The normalized spacial score (nSPS) is 11.0. The van der Waals surface area contributed by atoms with Crippen LogP contribution in [0.4, 0.5) is 0 Å². The van der Waals surface area contributed by atoms with E-state index in [1.165, 1.54) is 11.8 Å². The van der Waals surface area contributed by atoms with Crippen LogP contribution in [0, 0.1) is 6.92 Å². The van der Waals surface area contributed by atoms with E-state index in [1.807, 2.05) is 25.1 Å². The fourth-order valence-corrected chi connectivity index (χ4v) is 2.88. The van der Waals surface area contributed by atoms with E-state index in [-0.39, 0.29) is 5.56 Å². The maximum absolute atomic E-state index is 12.3. The van der Waals surface area contributed by atoms with Gasteiger partial charge in [-0.25, -0.2) is 9.78 Å². The van der Waals surface area contributed by atoms with E-state index in [0.717, 1.165) is 18.7 Å². The third-order valence-electron chi connectivity index (χ3n) is 4.25. The Morgan fingerprint density at radius 3 is 2.65 bits per heavy atom. The number of hydrogen-bond acceptors (Lipinski definition) is 4. The first-order chi connectivity index (χ1) is 12.6. The first-order valence-corrected chi connectivity index (χ1v) is 8.55. The number of nitrogens with one attached hydrogen (secondary N) is 1. The molecule has 0 aliphatic rings. The zero-order valence-corrected chi connectivity index (χ0v) is 14.6. The standard InChI is InChI=1S/C20H21N3O3/c1-14-7-8-16-18(24)17(20(25)26)13-23(19(16)22-14)12-11-21-10-9-15-5-3-2-4-6-15/h2-8,13,21H,9-12H2,1H3,(H,25,26). The maximum Gasteiger partial charge on any atom is 0.341 e. The van der Waals surface area contributed by atoms with Crippen LogP contribution in [0.1, 0.15) is 21.6 Å². The van der Waals surface area contributed by atoms with E-state index in [1.54, 1.807) is 16.7 Å². The predicted molar refractivity (Wildman–Crippen MR) is 101 cm³/mol. The zero-order chi connectivity index (χ0) is 18.5. The SMILES string of the molecule is Cc1ccc2c(=O)c(C(=O)O)cn(CCNCCc3ccccc3)c2n1. The number of aromatic nitrogens is 2. The number of carboxylic acid groups (broad SMARTS) is 1. The highest BCUT2D eigenvalue weighted by Crippen LogP contribution is 2.11. The van der Waals surface area contributed by atoms with Crippen LogP contribution in [0.5, 0.6) is 0 Å². The van der Waals surface area contributed by atoms with Gasteiger partial charge < -0.3 is 15.0 Å². The first-order valence-electron chi connectivity index (χ1n) is 8.55. The fourth-order valence-electron chi connectivity index (χ4n) is 2.88. The summed E-state index contributed by atoms with van der Waals surface area (Å²) in [6.45, 7) is 3.85. The molecule has 0 aliphatic carbocycles. The lowest BCUT2D eigenvalue weighted by Crippen LogP contribution is -2.25. The van der Waals surface area contributed by atoms with Crippen molar-refractivity contribution in [1.29, 1.82) is 0 Å². The van der Waals surface area contributed by atoms with E-state index in [0.29, 0.717) is 24.1 Å².